The van der Waals surface area contributed by atoms with Gasteiger partial charge in [-0.25, -0.2) is 0 Å². The van der Waals surface area contributed by atoms with Gasteiger partial charge < -0.3 is 19.2 Å². The number of rotatable bonds is 6. The molecule has 2 aromatic heterocycles. The van der Waals surface area contributed by atoms with E-state index in [-0.39, 0.29) is 17.6 Å². The third kappa shape index (κ3) is 3.83. The number of thiophene rings is 1. The predicted molar refractivity (Wildman–Crippen MR) is 96.3 cm³/mol. The maximum absolute atomic E-state index is 12.4. The molecule has 0 unspecified atom stereocenters. The zero-order valence-corrected chi connectivity index (χ0v) is 14.8. The second kappa shape index (κ2) is 7.70. The van der Waals surface area contributed by atoms with Crippen molar-refractivity contribution in [2.24, 2.45) is 0 Å². The highest BCUT2D eigenvalue weighted by Crippen LogP contribution is 2.29. The largest absolute Gasteiger partial charge is 0.497 e. The summed E-state index contributed by atoms with van der Waals surface area (Å²) in [5.41, 5.74) is 0.431. The Labute approximate surface area is 152 Å². The lowest BCUT2D eigenvalue weighted by Crippen LogP contribution is -2.14. The van der Waals surface area contributed by atoms with E-state index in [0.29, 0.717) is 22.1 Å². The summed E-state index contributed by atoms with van der Waals surface area (Å²) in [5.74, 6) is 0.152. The number of amides is 2. The van der Waals surface area contributed by atoms with Crippen molar-refractivity contribution in [2.75, 3.05) is 24.9 Å². The summed E-state index contributed by atoms with van der Waals surface area (Å²) in [6.07, 6.45) is 1.16. The number of aromatic nitrogens is 1. The van der Waals surface area contributed by atoms with Gasteiger partial charge in [-0.1, -0.05) is 6.07 Å². The zero-order chi connectivity index (χ0) is 18.5. The van der Waals surface area contributed by atoms with E-state index in [1.54, 1.807) is 35.7 Å². The lowest BCUT2D eigenvalue weighted by molar-refractivity contribution is 0.101. The van der Waals surface area contributed by atoms with Gasteiger partial charge in [0.05, 0.1) is 24.8 Å². The monoisotopic (exact) mass is 373 g/mol. The van der Waals surface area contributed by atoms with Crippen LogP contribution in [-0.4, -0.2) is 31.0 Å². The van der Waals surface area contributed by atoms with E-state index in [4.69, 9.17) is 13.9 Å². The molecule has 134 valence electrons. The third-order valence-electron chi connectivity index (χ3n) is 3.36. The van der Waals surface area contributed by atoms with Gasteiger partial charge in [-0.2, -0.15) is 4.98 Å². The summed E-state index contributed by atoms with van der Waals surface area (Å²) in [5, 5.41) is 6.95. The highest BCUT2D eigenvalue weighted by atomic mass is 32.1. The molecule has 3 aromatic rings. The number of carbonyl (C=O) groups is 2. The lowest BCUT2D eigenvalue weighted by Gasteiger charge is -2.10. The normalized spacial score (nSPS) is 10.2. The van der Waals surface area contributed by atoms with E-state index >= 15 is 0 Å². The smallest absolute Gasteiger partial charge is 0.302 e. The molecule has 26 heavy (non-hydrogen) atoms. The highest BCUT2D eigenvalue weighted by Gasteiger charge is 2.17. The lowest BCUT2D eigenvalue weighted by atomic mass is 10.2. The number of benzene rings is 1. The molecule has 0 aliphatic carbocycles. The first-order valence-corrected chi connectivity index (χ1v) is 8.32. The van der Waals surface area contributed by atoms with Crippen molar-refractivity contribution in [2.45, 2.75) is 0 Å². The molecular formula is C17H15N3O5S. The van der Waals surface area contributed by atoms with Crippen LogP contribution in [0.4, 0.5) is 11.7 Å². The summed E-state index contributed by atoms with van der Waals surface area (Å²) in [7, 11) is 3.01. The minimum absolute atomic E-state index is 0.0105. The molecule has 0 aliphatic rings. The summed E-state index contributed by atoms with van der Waals surface area (Å²) in [6, 6.07) is 8.37. The first-order chi connectivity index (χ1) is 12.6. The molecule has 0 aliphatic heterocycles. The quantitative estimate of drug-likeness (QED) is 0.687. The number of hydrogen-bond donors (Lipinski definition) is 2. The molecule has 0 saturated heterocycles. The Hall–Kier alpha value is -3.33. The van der Waals surface area contributed by atoms with Gasteiger partial charge in [-0.05, 0) is 23.6 Å². The summed E-state index contributed by atoms with van der Waals surface area (Å²) in [4.78, 5) is 28.8. The molecule has 3 rings (SSSR count). The molecule has 0 bridgehead atoms. The van der Waals surface area contributed by atoms with E-state index in [2.05, 4.69) is 15.6 Å². The fraction of sp³-hybridized carbons (Fsp3) is 0.118. The molecule has 0 radical (unpaired) electrons. The fourth-order valence-corrected chi connectivity index (χ4v) is 2.72. The van der Waals surface area contributed by atoms with Crippen molar-refractivity contribution < 1.29 is 23.5 Å². The Morgan fingerprint density at radius 3 is 2.65 bits per heavy atom. The topological polar surface area (TPSA) is 103 Å². The zero-order valence-electron chi connectivity index (χ0n) is 13.9. The summed E-state index contributed by atoms with van der Waals surface area (Å²) in [6.45, 7) is 0. The maximum atomic E-state index is 12.4. The number of carbonyl (C=O) groups excluding carboxylic acids is 2. The van der Waals surface area contributed by atoms with E-state index < -0.39 is 5.91 Å². The average Bonchev–Trinajstić information content (AvgIpc) is 3.33. The van der Waals surface area contributed by atoms with Gasteiger partial charge in [0.2, 0.25) is 0 Å². The molecule has 2 heterocycles. The van der Waals surface area contributed by atoms with Gasteiger partial charge in [-0.15, -0.1) is 11.3 Å². The average molecular weight is 373 g/mol. The van der Waals surface area contributed by atoms with Crippen LogP contribution in [0.2, 0.25) is 0 Å². The number of hydrogen-bond acceptors (Lipinski definition) is 7. The van der Waals surface area contributed by atoms with Crippen molar-refractivity contribution in [3.8, 4) is 11.5 Å². The van der Waals surface area contributed by atoms with Gasteiger partial charge >= 0.3 is 6.01 Å². The number of nitrogens with zero attached hydrogens (tertiary/aromatic N) is 1. The van der Waals surface area contributed by atoms with Crippen molar-refractivity contribution >= 4 is 34.9 Å². The first-order valence-electron chi connectivity index (χ1n) is 7.44. The van der Waals surface area contributed by atoms with Crippen molar-refractivity contribution in [1.82, 2.24) is 4.98 Å². The Bertz CT molecular complexity index is 920. The van der Waals surface area contributed by atoms with Crippen LogP contribution in [0.15, 0.2) is 46.4 Å². The first kappa shape index (κ1) is 17.5. The number of oxazole rings is 1. The van der Waals surface area contributed by atoms with E-state index in [1.165, 1.54) is 25.6 Å². The van der Waals surface area contributed by atoms with Crippen LogP contribution >= 0.6 is 11.3 Å². The molecule has 9 heteroatoms. The van der Waals surface area contributed by atoms with Crippen LogP contribution in [0.25, 0.3) is 0 Å². The molecule has 2 amide bonds. The molecule has 0 atom stereocenters. The van der Waals surface area contributed by atoms with Crippen molar-refractivity contribution in [1.29, 1.82) is 0 Å². The number of anilines is 2. The highest BCUT2D eigenvalue weighted by molar-refractivity contribution is 7.12. The molecule has 2 N–H and O–H groups in total. The van der Waals surface area contributed by atoms with Crippen molar-refractivity contribution in [3.05, 3.63) is 52.5 Å². The maximum Gasteiger partial charge on any atom is 0.302 e. The molecule has 0 fully saturated rings. The minimum atomic E-state index is -0.517. The number of methoxy groups -OCH3 is 2. The van der Waals surface area contributed by atoms with Crippen LogP contribution in [-0.2, 0) is 0 Å². The molecule has 0 saturated carbocycles. The molecular weight excluding hydrogens is 358 g/mol. The Balaban J connectivity index is 1.71. The van der Waals surface area contributed by atoms with E-state index in [1.807, 2.05) is 0 Å². The Morgan fingerprint density at radius 2 is 1.96 bits per heavy atom. The fourth-order valence-electron chi connectivity index (χ4n) is 2.10. The van der Waals surface area contributed by atoms with Crippen LogP contribution in [0, 0.1) is 0 Å². The number of nitrogens with one attached hydrogen (secondary N) is 2. The van der Waals surface area contributed by atoms with Gasteiger partial charge in [0.25, 0.3) is 11.8 Å². The molecule has 0 spiro atoms. The SMILES string of the molecule is COc1ccc(OC)c(NC(=O)c2coc(NC(=O)c3cccs3)n2)c1. The van der Waals surface area contributed by atoms with Gasteiger partial charge in [0, 0.05) is 6.07 Å². The second-order valence-electron chi connectivity index (χ2n) is 4.99. The molecule has 8 nitrogen and oxygen atoms in total. The Morgan fingerprint density at radius 1 is 1.12 bits per heavy atom. The van der Waals surface area contributed by atoms with Crippen LogP contribution in [0.3, 0.4) is 0 Å². The van der Waals surface area contributed by atoms with E-state index in [9.17, 15) is 9.59 Å². The van der Waals surface area contributed by atoms with Crippen molar-refractivity contribution in [3.63, 3.8) is 0 Å². The summed E-state index contributed by atoms with van der Waals surface area (Å²) >= 11 is 1.29. The summed E-state index contributed by atoms with van der Waals surface area (Å²) < 4.78 is 15.5. The van der Waals surface area contributed by atoms with Crippen LogP contribution in [0.1, 0.15) is 20.2 Å². The van der Waals surface area contributed by atoms with Gasteiger partial charge in [-0.3, -0.25) is 14.9 Å². The van der Waals surface area contributed by atoms with Gasteiger partial charge in [0.1, 0.15) is 17.8 Å². The third-order valence-corrected chi connectivity index (χ3v) is 4.23. The van der Waals surface area contributed by atoms with Crippen LogP contribution < -0.4 is 20.1 Å². The molecule has 1 aromatic carbocycles. The van der Waals surface area contributed by atoms with Crippen LogP contribution in [0.5, 0.6) is 11.5 Å². The number of ether oxygens (including phenoxy) is 2. The predicted octanol–water partition coefficient (Wildman–Crippen LogP) is 3.26. The Kier molecular flexibility index (Phi) is 5.18. The van der Waals surface area contributed by atoms with E-state index in [0.717, 1.165) is 6.26 Å². The van der Waals surface area contributed by atoms with Gasteiger partial charge in [0.15, 0.2) is 5.69 Å². The standard InChI is InChI=1S/C17H15N3O5S/c1-23-10-5-6-13(24-2)11(8-10)18-15(21)12-9-25-17(19-12)20-16(22)14-4-3-7-26-14/h3-9H,1-2H3,(H,18,21)(H,19,20,22). The second-order valence-corrected chi connectivity index (χ2v) is 5.94. The minimum Gasteiger partial charge on any atom is -0.497 e.